The van der Waals surface area contributed by atoms with Gasteiger partial charge in [-0.15, -0.1) is 0 Å². The van der Waals surface area contributed by atoms with Gasteiger partial charge in [0.25, 0.3) is 0 Å². The number of ether oxygens (including phenoxy) is 1. The van der Waals surface area contributed by atoms with Crippen molar-refractivity contribution in [2.75, 3.05) is 13.2 Å². The molecule has 0 aliphatic carbocycles. The summed E-state index contributed by atoms with van der Waals surface area (Å²) in [5.74, 6) is 0.951. The monoisotopic (exact) mass is 274 g/mol. The van der Waals surface area contributed by atoms with E-state index in [1.165, 1.54) is 11.1 Å². The molecular formula is C17H26N2O. The van der Waals surface area contributed by atoms with Crippen LogP contribution in [0.25, 0.3) is 0 Å². The molecule has 1 atom stereocenters. The van der Waals surface area contributed by atoms with E-state index in [-0.39, 0.29) is 0 Å². The average molecular weight is 274 g/mol. The van der Waals surface area contributed by atoms with Crippen molar-refractivity contribution >= 4 is 0 Å². The maximum atomic E-state index is 9.35. The summed E-state index contributed by atoms with van der Waals surface area (Å²) in [5.41, 5.74) is 2.04. The number of nitrogens with one attached hydrogen (secondary N) is 1. The van der Waals surface area contributed by atoms with Gasteiger partial charge in [-0.05, 0) is 56.8 Å². The molecule has 0 heterocycles. The average Bonchev–Trinajstić information content (AvgIpc) is 2.46. The van der Waals surface area contributed by atoms with Crippen LogP contribution in [0.4, 0.5) is 0 Å². The number of benzene rings is 1. The lowest BCUT2D eigenvalue weighted by Crippen LogP contribution is -2.43. The van der Waals surface area contributed by atoms with Gasteiger partial charge in [0.1, 0.15) is 11.3 Å². The normalized spacial score (nSPS) is 13.6. The molecule has 0 saturated heterocycles. The molecule has 0 amide bonds. The van der Waals surface area contributed by atoms with E-state index in [0.717, 1.165) is 31.6 Å². The molecule has 1 aromatic rings. The number of nitriles is 1. The zero-order valence-corrected chi connectivity index (χ0v) is 13.1. The molecule has 0 aliphatic rings. The number of aryl methyl sites for hydroxylation is 1. The number of rotatable bonds is 8. The molecule has 0 saturated carbocycles. The second-order valence-corrected chi connectivity index (χ2v) is 5.23. The highest BCUT2D eigenvalue weighted by Gasteiger charge is 2.25. The van der Waals surface area contributed by atoms with Crippen LogP contribution < -0.4 is 10.1 Å². The van der Waals surface area contributed by atoms with Crippen molar-refractivity contribution in [3.8, 4) is 11.8 Å². The minimum atomic E-state index is -0.403. The minimum Gasteiger partial charge on any atom is -0.493 e. The lowest BCUT2D eigenvalue weighted by atomic mass is 9.92. The minimum absolute atomic E-state index is 0.403. The van der Waals surface area contributed by atoms with E-state index in [1.54, 1.807) is 0 Å². The molecule has 1 aromatic carbocycles. The third kappa shape index (κ3) is 4.25. The van der Waals surface area contributed by atoms with Gasteiger partial charge in [-0.25, -0.2) is 0 Å². The Balaban J connectivity index is 2.48. The predicted octanol–water partition coefficient (Wildman–Crippen LogP) is 3.74. The summed E-state index contributed by atoms with van der Waals surface area (Å²) in [6.45, 7) is 9.73. The predicted molar refractivity (Wildman–Crippen MR) is 83.0 cm³/mol. The fourth-order valence-corrected chi connectivity index (χ4v) is 2.34. The number of hydrogen-bond donors (Lipinski definition) is 1. The molecule has 3 nitrogen and oxygen atoms in total. The molecule has 1 unspecified atom stereocenters. The molecule has 110 valence electrons. The SMILES string of the molecule is CCNC(C#N)(CC)CCCOc1cccc(C)c1C. The van der Waals surface area contributed by atoms with E-state index in [4.69, 9.17) is 4.74 Å². The number of hydrogen-bond acceptors (Lipinski definition) is 3. The Labute approximate surface area is 123 Å². The quantitative estimate of drug-likeness (QED) is 0.734. The highest BCUT2D eigenvalue weighted by molar-refractivity contribution is 5.38. The van der Waals surface area contributed by atoms with E-state index < -0.39 is 5.54 Å². The van der Waals surface area contributed by atoms with Gasteiger partial charge in [0.05, 0.1) is 12.7 Å². The molecule has 0 spiro atoms. The van der Waals surface area contributed by atoms with Crippen LogP contribution in [0.15, 0.2) is 18.2 Å². The van der Waals surface area contributed by atoms with Gasteiger partial charge >= 0.3 is 0 Å². The van der Waals surface area contributed by atoms with Crippen LogP contribution in [0, 0.1) is 25.2 Å². The first-order chi connectivity index (χ1) is 9.58. The van der Waals surface area contributed by atoms with Crippen LogP contribution in [-0.4, -0.2) is 18.7 Å². The van der Waals surface area contributed by atoms with Gasteiger partial charge in [0, 0.05) is 0 Å². The fourth-order valence-electron chi connectivity index (χ4n) is 2.34. The van der Waals surface area contributed by atoms with Crippen molar-refractivity contribution in [3.63, 3.8) is 0 Å². The molecular weight excluding hydrogens is 248 g/mol. The summed E-state index contributed by atoms with van der Waals surface area (Å²) < 4.78 is 5.84. The van der Waals surface area contributed by atoms with Gasteiger partial charge in [0.15, 0.2) is 0 Å². The highest BCUT2D eigenvalue weighted by Crippen LogP contribution is 2.22. The Morgan fingerprint density at radius 2 is 2.05 bits per heavy atom. The van der Waals surface area contributed by atoms with Gasteiger partial charge in [-0.1, -0.05) is 26.0 Å². The molecule has 0 radical (unpaired) electrons. The summed E-state index contributed by atoms with van der Waals surface area (Å²) >= 11 is 0. The van der Waals surface area contributed by atoms with Crippen molar-refractivity contribution < 1.29 is 4.74 Å². The Bertz CT molecular complexity index is 465. The maximum absolute atomic E-state index is 9.35. The second kappa shape index (κ2) is 7.91. The fraction of sp³-hybridized carbons (Fsp3) is 0.588. The Morgan fingerprint density at radius 3 is 2.65 bits per heavy atom. The van der Waals surface area contributed by atoms with Crippen molar-refractivity contribution in [2.24, 2.45) is 0 Å². The lowest BCUT2D eigenvalue weighted by Gasteiger charge is -2.26. The first-order valence-corrected chi connectivity index (χ1v) is 7.44. The van der Waals surface area contributed by atoms with Crippen molar-refractivity contribution in [2.45, 2.75) is 52.5 Å². The van der Waals surface area contributed by atoms with Gasteiger partial charge < -0.3 is 4.74 Å². The molecule has 0 aliphatic heterocycles. The van der Waals surface area contributed by atoms with Crippen LogP contribution in [0.3, 0.4) is 0 Å². The first kappa shape index (κ1) is 16.5. The molecule has 20 heavy (non-hydrogen) atoms. The summed E-state index contributed by atoms with van der Waals surface area (Å²) in [6, 6.07) is 8.53. The standard InChI is InChI=1S/C17H26N2O/c1-5-17(13-18,19-6-2)11-8-12-20-16-10-7-9-14(3)15(16)4/h7,9-10,19H,5-6,8,11-12H2,1-4H3. The molecule has 3 heteroatoms. The second-order valence-electron chi connectivity index (χ2n) is 5.23. The molecule has 1 rings (SSSR count). The Morgan fingerprint density at radius 1 is 1.30 bits per heavy atom. The first-order valence-electron chi connectivity index (χ1n) is 7.44. The summed E-state index contributed by atoms with van der Waals surface area (Å²) in [4.78, 5) is 0. The summed E-state index contributed by atoms with van der Waals surface area (Å²) in [6.07, 6.45) is 2.52. The lowest BCUT2D eigenvalue weighted by molar-refractivity contribution is 0.276. The van der Waals surface area contributed by atoms with Crippen molar-refractivity contribution in [3.05, 3.63) is 29.3 Å². The highest BCUT2D eigenvalue weighted by atomic mass is 16.5. The van der Waals surface area contributed by atoms with E-state index in [2.05, 4.69) is 38.2 Å². The Kier molecular flexibility index (Phi) is 6.54. The zero-order chi connectivity index (χ0) is 15.0. The molecule has 0 bridgehead atoms. The smallest absolute Gasteiger partial charge is 0.122 e. The van der Waals surface area contributed by atoms with Crippen LogP contribution >= 0.6 is 0 Å². The van der Waals surface area contributed by atoms with Crippen LogP contribution in [0.5, 0.6) is 5.75 Å². The maximum Gasteiger partial charge on any atom is 0.122 e. The summed E-state index contributed by atoms with van der Waals surface area (Å²) in [5, 5.41) is 12.6. The number of nitrogens with zero attached hydrogens (tertiary/aromatic N) is 1. The van der Waals surface area contributed by atoms with Gasteiger partial charge in [-0.3, -0.25) is 5.32 Å². The van der Waals surface area contributed by atoms with Gasteiger partial charge in [-0.2, -0.15) is 5.26 Å². The van der Waals surface area contributed by atoms with Crippen LogP contribution in [0.1, 0.15) is 44.2 Å². The van der Waals surface area contributed by atoms with E-state index in [0.29, 0.717) is 6.61 Å². The van der Waals surface area contributed by atoms with E-state index in [1.807, 2.05) is 19.1 Å². The molecule has 1 N–H and O–H groups in total. The molecule has 0 aromatic heterocycles. The van der Waals surface area contributed by atoms with E-state index >= 15 is 0 Å². The van der Waals surface area contributed by atoms with Crippen molar-refractivity contribution in [1.82, 2.24) is 5.32 Å². The third-order valence-electron chi connectivity index (χ3n) is 3.89. The zero-order valence-electron chi connectivity index (χ0n) is 13.1. The largest absolute Gasteiger partial charge is 0.493 e. The summed E-state index contributed by atoms with van der Waals surface area (Å²) in [7, 11) is 0. The van der Waals surface area contributed by atoms with Crippen LogP contribution in [-0.2, 0) is 0 Å². The molecule has 0 fully saturated rings. The van der Waals surface area contributed by atoms with Crippen molar-refractivity contribution in [1.29, 1.82) is 5.26 Å². The van der Waals surface area contributed by atoms with Gasteiger partial charge in [0.2, 0.25) is 0 Å². The van der Waals surface area contributed by atoms with Crippen LogP contribution in [0.2, 0.25) is 0 Å². The Hall–Kier alpha value is -1.53. The van der Waals surface area contributed by atoms with E-state index in [9.17, 15) is 5.26 Å². The topological polar surface area (TPSA) is 45.0 Å². The third-order valence-corrected chi connectivity index (χ3v) is 3.89.